The van der Waals surface area contributed by atoms with Gasteiger partial charge in [0.05, 0.1) is 9.26 Å². The van der Waals surface area contributed by atoms with Gasteiger partial charge in [0.15, 0.2) is 5.82 Å². The summed E-state index contributed by atoms with van der Waals surface area (Å²) in [7, 11) is 0. The van der Waals surface area contributed by atoms with E-state index in [4.69, 9.17) is 9.97 Å². The SMILES string of the molecule is CCNc1nc(-c2cc(C)nc(C)c2)nc(C(C)C)c1I. The van der Waals surface area contributed by atoms with Crippen LogP contribution in [0.15, 0.2) is 12.1 Å². The lowest BCUT2D eigenvalue weighted by atomic mass is 10.1. The van der Waals surface area contributed by atoms with Crippen LogP contribution in [0.4, 0.5) is 5.82 Å². The molecule has 0 saturated heterocycles. The molecule has 0 aromatic carbocycles. The van der Waals surface area contributed by atoms with Gasteiger partial charge in [-0.3, -0.25) is 4.98 Å². The van der Waals surface area contributed by atoms with Gasteiger partial charge in [-0.15, -0.1) is 0 Å². The molecule has 21 heavy (non-hydrogen) atoms. The third kappa shape index (κ3) is 3.70. The summed E-state index contributed by atoms with van der Waals surface area (Å²) in [6.07, 6.45) is 0. The minimum atomic E-state index is 0.361. The largest absolute Gasteiger partial charge is 0.369 e. The van der Waals surface area contributed by atoms with Gasteiger partial charge in [-0.1, -0.05) is 13.8 Å². The first-order chi connectivity index (χ1) is 9.92. The van der Waals surface area contributed by atoms with Gasteiger partial charge in [-0.25, -0.2) is 9.97 Å². The molecule has 0 fully saturated rings. The van der Waals surface area contributed by atoms with E-state index in [1.807, 2.05) is 26.0 Å². The summed E-state index contributed by atoms with van der Waals surface area (Å²) in [5.41, 5.74) is 4.09. The van der Waals surface area contributed by atoms with Crippen molar-refractivity contribution in [2.75, 3.05) is 11.9 Å². The maximum atomic E-state index is 4.78. The van der Waals surface area contributed by atoms with Gasteiger partial charge >= 0.3 is 0 Å². The van der Waals surface area contributed by atoms with Gasteiger partial charge in [-0.05, 0) is 61.4 Å². The van der Waals surface area contributed by atoms with Crippen LogP contribution >= 0.6 is 22.6 Å². The zero-order valence-corrected chi connectivity index (χ0v) is 15.3. The predicted octanol–water partition coefficient (Wildman–Crippen LogP) is 4.32. The van der Waals surface area contributed by atoms with Crippen LogP contribution < -0.4 is 5.32 Å². The zero-order valence-electron chi connectivity index (χ0n) is 13.2. The summed E-state index contributed by atoms with van der Waals surface area (Å²) < 4.78 is 1.11. The lowest BCUT2D eigenvalue weighted by Gasteiger charge is -2.14. The Kier molecular flexibility index (Phi) is 5.13. The second-order valence-electron chi connectivity index (χ2n) is 5.42. The highest BCUT2D eigenvalue weighted by Gasteiger charge is 2.16. The topological polar surface area (TPSA) is 50.7 Å². The molecular weight excluding hydrogens is 375 g/mol. The number of hydrogen-bond donors (Lipinski definition) is 1. The van der Waals surface area contributed by atoms with E-state index >= 15 is 0 Å². The third-order valence-corrected chi connectivity index (χ3v) is 4.17. The molecule has 2 heterocycles. The van der Waals surface area contributed by atoms with E-state index < -0.39 is 0 Å². The highest BCUT2D eigenvalue weighted by molar-refractivity contribution is 14.1. The summed E-state index contributed by atoms with van der Waals surface area (Å²) in [6, 6.07) is 4.07. The van der Waals surface area contributed by atoms with E-state index in [1.54, 1.807) is 0 Å². The molecule has 1 N–H and O–H groups in total. The minimum Gasteiger partial charge on any atom is -0.369 e. The number of aryl methyl sites for hydroxylation is 2. The summed E-state index contributed by atoms with van der Waals surface area (Å²) in [6.45, 7) is 11.2. The molecule has 0 amide bonds. The molecule has 2 aromatic rings. The van der Waals surface area contributed by atoms with E-state index in [0.717, 1.165) is 44.4 Å². The normalized spacial score (nSPS) is 11.0. The van der Waals surface area contributed by atoms with Crippen LogP contribution in [0, 0.1) is 17.4 Å². The van der Waals surface area contributed by atoms with Crippen LogP contribution in [0.2, 0.25) is 0 Å². The fourth-order valence-electron chi connectivity index (χ4n) is 2.22. The summed E-state index contributed by atoms with van der Waals surface area (Å²) in [5, 5.41) is 3.34. The number of aromatic nitrogens is 3. The number of anilines is 1. The van der Waals surface area contributed by atoms with Crippen LogP contribution in [0.1, 0.15) is 43.8 Å². The number of halogens is 1. The summed E-state index contributed by atoms with van der Waals surface area (Å²) in [4.78, 5) is 13.9. The molecule has 4 nitrogen and oxygen atoms in total. The molecule has 0 aliphatic carbocycles. The highest BCUT2D eigenvalue weighted by atomic mass is 127. The van der Waals surface area contributed by atoms with Gasteiger partial charge in [0.1, 0.15) is 5.82 Å². The Morgan fingerprint density at radius 3 is 2.24 bits per heavy atom. The number of nitrogens with zero attached hydrogens (tertiary/aromatic N) is 3. The van der Waals surface area contributed by atoms with Crippen LogP contribution in [-0.4, -0.2) is 21.5 Å². The number of pyridine rings is 1. The molecule has 0 aliphatic rings. The molecule has 0 unspecified atom stereocenters. The number of rotatable bonds is 4. The second kappa shape index (κ2) is 6.68. The van der Waals surface area contributed by atoms with Crippen LogP contribution in [0.5, 0.6) is 0 Å². The highest BCUT2D eigenvalue weighted by Crippen LogP contribution is 2.28. The number of hydrogen-bond acceptors (Lipinski definition) is 4. The van der Waals surface area contributed by atoms with E-state index in [9.17, 15) is 0 Å². The van der Waals surface area contributed by atoms with Crippen molar-refractivity contribution in [2.24, 2.45) is 0 Å². The summed E-state index contributed by atoms with van der Waals surface area (Å²) in [5.74, 6) is 2.04. The maximum Gasteiger partial charge on any atom is 0.161 e. The van der Waals surface area contributed by atoms with Gasteiger partial charge < -0.3 is 5.32 Å². The lowest BCUT2D eigenvalue weighted by Crippen LogP contribution is -2.09. The van der Waals surface area contributed by atoms with Crippen molar-refractivity contribution in [3.05, 3.63) is 32.8 Å². The van der Waals surface area contributed by atoms with Crippen molar-refractivity contribution in [3.63, 3.8) is 0 Å². The van der Waals surface area contributed by atoms with Gasteiger partial charge in [0, 0.05) is 23.5 Å². The lowest BCUT2D eigenvalue weighted by molar-refractivity contribution is 0.808. The first-order valence-corrected chi connectivity index (χ1v) is 8.27. The first kappa shape index (κ1) is 16.1. The van der Waals surface area contributed by atoms with E-state index in [-0.39, 0.29) is 0 Å². The van der Waals surface area contributed by atoms with Gasteiger partial charge in [0.2, 0.25) is 0 Å². The Morgan fingerprint density at radius 2 is 1.71 bits per heavy atom. The standard InChI is InChI=1S/C16H21IN4/c1-6-18-16-13(17)14(9(2)3)20-15(21-16)12-7-10(4)19-11(5)8-12/h7-9H,6H2,1-5H3,(H,18,20,21). The molecule has 112 valence electrons. The second-order valence-corrected chi connectivity index (χ2v) is 6.50. The fourth-order valence-corrected chi connectivity index (χ4v) is 3.28. The number of nitrogens with one attached hydrogen (secondary N) is 1. The molecule has 0 aliphatic heterocycles. The van der Waals surface area contributed by atoms with E-state index in [1.165, 1.54) is 0 Å². The van der Waals surface area contributed by atoms with E-state index in [0.29, 0.717) is 5.92 Å². The maximum absolute atomic E-state index is 4.78. The van der Waals surface area contributed by atoms with Crippen molar-refractivity contribution >= 4 is 28.4 Å². The molecule has 5 heteroatoms. The van der Waals surface area contributed by atoms with Gasteiger partial charge in [0.25, 0.3) is 0 Å². The molecular formula is C16H21IN4. The monoisotopic (exact) mass is 396 g/mol. The van der Waals surface area contributed by atoms with Gasteiger partial charge in [-0.2, -0.15) is 0 Å². The molecule has 0 saturated carbocycles. The molecule has 0 radical (unpaired) electrons. The fraction of sp³-hybridized carbons (Fsp3) is 0.438. The Balaban J connectivity index is 2.62. The van der Waals surface area contributed by atoms with Crippen LogP contribution in [-0.2, 0) is 0 Å². The zero-order chi connectivity index (χ0) is 15.6. The van der Waals surface area contributed by atoms with Crippen molar-refractivity contribution in [2.45, 2.75) is 40.5 Å². The Morgan fingerprint density at radius 1 is 1.10 bits per heavy atom. The molecule has 0 bridgehead atoms. The molecule has 2 rings (SSSR count). The van der Waals surface area contributed by atoms with Crippen LogP contribution in [0.3, 0.4) is 0 Å². The third-order valence-electron chi connectivity index (χ3n) is 3.11. The average molecular weight is 396 g/mol. The molecule has 2 aromatic heterocycles. The Bertz CT molecular complexity index is 633. The van der Waals surface area contributed by atoms with Crippen molar-refractivity contribution < 1.29 is 0 Å². The minimum absolute atomic E-state index is 0.361. The average Bonchev–Trinajstić information content (AvgIpc) is 2.39. The van der Waals surface area contributed by atoms with Crippen LogP contribution in [0.25, 0.3) is 11.4 Å². The molecule has 0 atom stereocenters. The van der Waals surface area contributed by atoms with E-state index in [2.05, 4.69) is 53.7 Å². The quantitative estimate of drug-likeness (QED) is 0.783. The predicted molar refractivity (Wildman–Crippen MR) is 95.7 cm³/mol. The van der Waals surface area contributed by atoms with Crippen molar-refractivity contribution in [1.29, 1.82) is 0 Å². The summed E-state index contributed by atoms with van der Waals surface area (Å²) >= 11 is 2.33. The Labute approximate surface area is 140 Å². The molecule has 0 spiro atoms. The smallest absolute Gasteiger partial charge is 0.161 e. The Hall–Kier alpha value is -1.24. The van der Waals surface area contributed by atoms with Crippen molar-refractivity contribution in [3.8, 4) is 11.4 Å². The first-order valence-electron chi connectivity index (χ1n) is 7.19. The van der Waals surface area contributed by atoms with Crippen molar-refractivity contribution in [1.82, 2.24) is 15.0 Å².